The van der Waals surface area contributed by atoms with E-state index in [9.17, 15) is 4.79 Å². The minimum atomic E-state index is -0.255. The fourth-order valence-corrected chi connectivity index (χ4v) is 3.20. The lowest BCUT2D eigenvalue weighted by atomic mass is 10.0. The Morgan fingerprint density at radius 1 is 1.16 bits per heavy atom. The van der Waals surface area contributed by atoms with Crippen LogP contribution in [0, 0.1) is 0 Å². The van der Waals surface area contributed by atoms with Crippen molar-refractivity contribution in [1.29, 1.82) is 0 Å². The molecule has 1 aliphatic rings. The molecule has 0 aromatic heterocycles. The second-order valence-electron chi connectivity index (χ2n) is 6.18. The highest BCUT2D eigenvalue weighted by molar-refractivity contribution is 9.10. The number of halogens is 1. The first-order valence-corrected chi connectivity index (χ1v) is 9.07. The number of methoxy groups -OCH3 is 1. The number of hydrazine groups is 1. The molecule has 3 unspecified atom stereocenters. The monoisotopic (exact) mass is 403 g/mol. The molecule has 0 saturated carbocycles. The second-order valence-corrected chi connectivity index (χ2v) is 7.10. The Bertz CT molecular complexity index is 718. The Balaban J connectivity index is 1.57. The summed E-state index contributed by atoms with van der Waals surface area (Å²) in [4.78, 5) is 12.5. The average molecular weight is 404 g/mol. The van der Waals surface area contributed by atoms with E-state index in [2.05, 4.69) is 44.2 Å². The van der Waals surface area contributed by atoms with Crippen LogP contribution in [0.4, 0.5) is 0 Å². The van der Waals surface area contributed by atoms with Gasteiger partial charge in [-0.2, -0.15) is 0 Å². The van der Waals surface area contributed by atoms with Crippen LogP contribution in [0.3, 0.4) is 0 Å². The third kappa shape index (κ3) is 4.39. The van der Waals surface area contributed by atoms with E-state index >= 15 is 0 Å². The average Bonchev–Trinajstić information content (AvgIpc) is 3.12. The maximum absolute atomic E-state index is 12.5. The van der Waals surface area contributed by atoms with Crippen LogP contribution < -0.4 is 20.9 Å². The predicted octanol–water partition coefficient (Wildman–Crippen LogP) is 3.24. The number of rotatable bonds is 5. The van der Waals surface area contributed by atoms with Crippen molar-refractivity contribution in [2.75, 3.05) is 7.11 Å². The molecule has 1 aliphatic heterocycles. The van der Waals surface area contributed by atoms with E-state index in [0.29, 0.717) is 6.42 Å². The maximum atomic E-state index is 12.5. The van der Waals surface area contributed by atoms with Gasteiger partial charge in [0.05, 0.1) is 13.2 Å². The molecular formula is C19H22BrN3O2. The molecule has 132 valence electrons. The molecule has 3 N–H and O–H groups in total. The molecule has 0 spiro atoms. The van der Waals surface area contributed by atoms with Crippen LogP contribution in [0.5, 0.6) is 5.75 Å². The molecule has 3 rings (SSSR count). The van der Waals surface area contributed by atoms with Gasteiger partial charge in [0, 0.05) is 10.5 Å². The largest absolute Gasteiger partial charge is 0.497 e. The van der Waals surface area contributed by atoms with E-state index in [-0.39, 0.29) is 24.0 Å². The van der Waals surface area contributed by atoms with Gasteiger partial charge < -0.3 is 10.1 Å². The zero-order chi connectivity index (χ0) is 17.8. The van der Waals surface area contributed by atoms with Crippen molar-refractivity contribution in [3.63, 3.8) is 0 Å². The Labute approximate surface area is 156 Å². The number of hydrogen-bond acceptors (Lipinski definition) is 4. The second kappa shape index (κ2) is 7.99. The first kappa shape index (κ1) is 17.9. The minimum absolute atomic E-state index is 0.00423. The quantitative estimate of drug-likeness (QED) is 0.716. The molecule has 1 saturated heterocycles. The van der Waals surface area contributed by atoms with Crippen LogP contribution in [0.25, 0.3) is 0 Å². The van der Waals surface area contributed by atoms with Gasteiger partial charge in [0.1, 0.15) is 11.8 Å². The van der Waals surface area contributed by atoms with E-state index < -0.39 is 0 Å². The molecule has 0 radical (unpaired) electrons. The van der Waals surface area contributed by atoms with Crippen LogP contribution in [0.1, 0.15) is 36.6 Å². The number of ether oxygens (including phenoxy) is 1. The fourth-order valence-electron chi connectivity index (χ4n) is 2.93. The summed E-state index contributed by atoms with van der Waals surface area (Å²) in [5.74, 6) is 0.803. The molecule has 2 aromatic rings. The summed E-state index contributed by atoms with van der Waals surface area (Å²) in [6.45, 7) is 1.98. The van der Waals surface area contributed by atoms with Crippen molar-refractivity contribution < 1.29 is 9.53 Å². The van der Waals surface area contributed by atoms with Crippen molar-refractivity contribution in [3.05, 3.63) is 64.1 Å². The predicted molar refractivity (Wildman–Crippen MR) is 101 cm³/mol. The van der Waals surface area contributed by atoms with Crippen molar-refractivity contribution in [2.45, 2.75) is 31.5 Å². The standard InChI is InChI=1S/C19H22BrN3O2/c1-12(13-5-9-16(25-2)10-6-13)21-19(24)18-11-17(22-23-18)14-3-7-15(20)8-4-14/h3-10,12,17-18,22-23H,11H2,1-2H3,(H,21,24). The van der Waals surface area contributed by atoms with Gasteiger partial charge in [-0.05, 0) is 48.7 Å². The van der Waals surface area contributed by atoms with E-state index in [1.807, 2.05) is 43.3 Å². The summed E-state index contributed by atoms with van der Waals surface area (Å²) in [5.41, 5.74) is 8.52. The molecule has 3 atom stereocenters. The molecule has 1 amide bonds. The van der Waals surface area contributed by atoms with Crippen molar-refractivity contribution in [3.8, 4) is 5.75 Å². The van der Waals surface area contributed by atoms with Gasteiger partial charge in [0.2, 0.25) is 5.91 Å². The SMILES string of the molecule is COc1ccc(C(C)NC(=O)C2CC(c3ccc(Br)cc3)NN2)cc1. The van der Waals surface area contributed by atoms with E-state index in [1.54, 1.807) is 7.11 Å². The summed E-state index contributed by atoms with van der Waals surface area (Å²) >= 11 is 3.44. The molecule has 5 nitrogen and oxygen atoms in total. The lowest BCUT2D eigenvalue weighted by Gasteiger charge is -2.17. The molecule has 0 aliphatic carbocycles. The number of nitrogens with one attached hydrogen (secondary N) is 3. The number of carbonyl (C=O) groups is 1. The topological polar surface area (TPSA) is 62.4 Å². The van der Waals surface area contributed by atoms with Crippen molar-refractivity contribution >= 4 is 21.8 Å². The van der Waals surface area contributed by atoms with E-state index in [1.165, 1.54) is 0 Å². The smallest absolute Gasteiger partial charge is 0.239 e. The van der Waals surface area contributed by atoms with Gasteiger partial charge in [-0.1, -0.05) is 40.2 Å². The van der Waals surface area contributed by atoms with Crippen LogP contribution >= 0.6 is 15.9 Å². The molecule has 0 bridgehead atoms. The Morgan fingerprint density at radius 3 is 2.48 bits per heavy atom. The zero-order valence-electron chi connectivity index (χ0n) is 14.3. The van der Waals surface area contributed by atoms with Crippen molar-refractivity contribution in [2.24, 2.45) is 0 Å². The highest BCUT2D eigenvalue weighted by atomic mass is 79.9. The lowest BCUT2D eigenvalue weighted by Crippen LogP contribution is -2.43. The van der Waals surface area contributed by atoms with Gasteiger partial charge in [-0.15, -0.1) is 0 Å². The molecule has 1 fully saturated rings. The summed E-state index contributed by atoms with van der Waals surface area (Å²) in [6, 6.07) is 15.7. The third-order valence-electron chi connectivity index (χ3n) is 4.47. The molecule has 1 heterocycles. The van der Waals surface area contributed by atoms with Crippen molar-refractivity contribution in [1.82, 2.24) is 16.2 Å². The number of benzene rings is 2. The first-order chi connectivity index (χ1) is 12.1. The molecule has 25 heavy (non-hydrogen) atoms. The van der Waals surface area contributed by atoms with Crippen LogP contribution in [-0.4, -0.2) is 19.1 Å². The van der Waals surface area contributed by atoms with Crippen LogP contribution in [0.15, 0.2) is 53.0 Å². The van der Waals surface area contributed by atoms with Gasteiger partial charge in [-0.25, -0.2) is 10.9 Å². The zero-order valence-corrected chi connectivity index (χ0v) is 15.8. The summed E-state index contributed by atoms with van der Waals surface area (Å²) in [5, 5.41) is 3.07. The van der Waals surface area contributed by atoms with E-state index in [0.717, 1.165) is 21.3 Å². The van der Waals surface area contributed by atoms with Gasteiger partial charge in [0.15, 0.2) is 0 Å². The molecular weight excluding hydrogens is 382 g/mol. The summed E-state index contributed by atoms with van der Waals surface area (Å²) in [6.07, 6.45) is 0.711. The Hall–Kier alpha value is -1.89. The van der Waals surface area contributed by atoms with Gasteiger partial charge in [-0.3, -0.25) is 4.79 Å². The van der Waals surface area contributed by atoms with Gasteiger partial charge in [0.25, 0.3) is 0 Å². The molecule has 6 heteroatoms. The molecule has 2 aromatic carbocycles. The normalized spacial score (nSPS) is 20.9. The Kier molecular flexibility index (Phi) is 5.73. The Morgan fingerprint density at radius 2 is 1.84 bits per heavy atom. The highest BCUT2D eigenvalue weighted by Crippen LogP contribution is 2.24. The van der Waals surface area contributed by atoms with E-state index in [4.69, 9.17) is 4.74 Å². The number of carbonyl (C=O) groups excluding carboxylic acids is 1. The number of amides is 1. The minimum Gasteiger partial charge on any atom is -0.497 e. The summed E-state index contributed by atoms with van der Waals surface area (Å²) < 4.78 is 6.21. The number of hydrogen-bond donors (Lipinski definition) is 3. The van der Waals surface area contributed by atoms with Crippen LogP contribution in [-0.2, 0) is 4.79 Å². The first-order valence-electron chi connectivity index (χ1n) is 8.27. The maximum Gasteiger partial charge on any atom is 0.239 e. The van der Waals surface area contributed by atoms with Crippen LogP contribution in [0.2, 0.25) is 0 Å². The highest BCUT2D eigenvalue weighted by Gasteiger charge is 2.30. The van der Waals surface area contributed by atoms with Gasteiger partial charge >= 0.3 is 0 Å². The summed E-state index contributed by atoms with van der Waals surface area (Å²) in [7, 11) is 1.64. The lowest BCUT2D eigenvalue weighted by molar-refractivity contribution is -0.123. The third-order valence-corrected chi connectivity index (χ3v) is 5.00. The fraction of sp³-hybridized carbons (Fsp3) is 0.316.